The van der Waals surface area contributed by atoms with Crippen molar-refractivity contribution < 1.29 is 0 Å². The molecule has 0 spiro atoms. The lowest BCUT2D eigenvalue weighted by atomic mass is 10.2. The zero-order valence-corrected chi connectivity index (χ0v) is 12.8. The molecule has 3 rings (SSSR count). The van der Waals surface area contributed by atoms with Gasteiger partial charge in [0.25, 0.3) is 0 Å². The second-order valence-electron chi connectivity index (χ2n) is 5.97. The summed E-state index contributed by atoms with van der Waals surface area (Å²) in [6, 6.07) is 7.02. The first kappa shape index (κ1) is 14.2. The molecule has 0 radical (unpaired) electrons. The summed E-state index contributed by atoms with van der Waals surface area (Å²) in [7, 11) is 4.06. The average Bonchev–Trinajstić information content (AvgIpc) is 3.20. The van der Waals surface area contributed by atoms with Crippen LogP contribution in [0.5, 0.6) is 0 Å². The minimum atomic E-state index is 0.726. The van der Waals surface area contributed by atoms with E-state index in [1.807, 2.05) is 17.9 Å². The third-order valence-corrected chi connectivity index (χ3v) is 3.66. The highest BCUT2D eigenvalue weighted by Gasteiger charge is 2.20. The van der Waals surface area contributed by atoms with Crippen LogP contribution in [0.15, 0.2) is 30.6 Å². The van der Waals surface area contributed by atoms with E-state index >= 15 is 0 Å². The van der Waals surface area contributed by atoms with E-state index < -0.39 is 0 Å². The molecular formula is C16H23N5. The van der Waals surface area contributed by atoms with E-state index in [-0.39, 0.29) is 0 Å². The Balaban J connectivity index is 1.54. The normalized spacial score (nSPS) is 14.8. The van der Waals surface area contributed by atoms with E-state index in [4.69, 9.17) is 4.98 Å². The van der Waals surface area contributed by atoms with Crippen molar-refractivity contribution in [3.05, 3.63) is 47.5 Å². The molecular weight excluding hydrogens is 262 g/mol. The summed E-state index contributed by atoms with van der Waals surface area (Å²) in [6.45, 7) is 2.62. The van der Waals surface area contributed by atoms with Crippen LogP contribution < -0.4 is 5.32 Å². The maximum atomic E-state index is 4.73. The lowest BCUT2D eigenvalue weighted by Gasteiger charge is -2.15. The van der Waals surface area contributed by atoms with Gasteiger partial charge in [-0.15, -0.1) is 0 Å². The summed E-state index contributed by atoms with van der Waals surface area (Å²) in [5.74, 6) is 0. The Hall–Kier alpha value is -1.72. The maximum Gasteiger partial charge on any atom is 0.0547 e. The summed E-state index contributed by atoms with van der Waals surface area (Å²) >= 11 is 0. The first-order chi connectivity index (χ1) is 10.2. The molecule has 1 aliphatic carbocycles. The molecule has 5 heteroatoms. The molecule has 0 amide bonds. The molecule has 1 saturated carbocycles. The molecule has 0 aliphatic heterocycles. The lowest BCUT2D eigenvalue weighted by Crippen LogP contribution is -2.19. The van der Waals surface area contributed by atoms with Gasteiger partial charge in [0.2, 0.25) is 0 Å². The van der Waals surface area contributed by atoms with Crippen molar-refractivity contribution in [1.82, 2.24) is 25.0 Å². The van der Waals surface area contributed by atoms with Gasteiger partial charge in [-0.05, 0) is 32.0 Å². The molecule has 0 unspecified atom stereocenters. The zero-order chi connectivity index (χ0) is 14.7. The van der Waals surface area contributed by atoms with Gasteiger partial charge < -0.3 is 5.32 Å². The van der Waals surface area contributed by atoms with Gasteiger partial charge >= 0.3 is 0 Å². The molecule has 1 N–H and O–H groups in total. The average molecular weight is 285 g/mol. The predicted octanol–water partition coefficient (Wildman–Crippen LogP) is 1.70. The molecule has 1 aliphatic rings. The third-order valence-electron chi connectivity index (χ3n) is 3.66. The van der Waals surface area contributed by atoms with Crippen LogP contribution in [-0.4, -0.2) is 32.8 Å². The fourth-order valence-electron chi connectivity index (χ4n) is 2.45. The molecule has 0 saturated heterocycles. The van der Waals surface area contributed by atoms with Gasteiger partial charge in [-0.1, -0.05) is 6.07 Å². The number of nitrogens with zero attached hydrogens (tertiary/aromatic N) is 4. The van der Waals surface area contributed by atoms with Crippen molar-refractivity contribution in [3.63, 3.8) is 0 Å². The summed E-state index contributed by atoms with van der Waals surface area (Å²) in [6.07, 6.45) is 6.60. The van der Waals surface area contributed by atoms with Crippen LogP contribution in [0.4, 0.5) is 0 Å². The predicted molar refractivity (Wildman–Crippen MR) is 82.5 cm³/mol. The first-order valence-electron chi connectivity index (χ1n) is 7.53. The molecule has 21 heavy (non-hydrogen) atoms. The molecule has 5 nitrogen and oxygen atoms in total. The Labute approximate surface area is 126 Å². The Morgan fingerprint density at radius 3 is 2.81 bits per heavy atom. The molecule has 0 bridgehead atoms. The zero-order valence-electron chi connectivity index (χ0n) is 12.8. The largest absolute Gasteiger partial charge is 0.308 e. The van der Waals surface area contributed by atoms with E-state index in [1.54, 1.807) is 0 Å². The van der Waals surface area contributed by atoms with Crippen molar-refractivity contribution in [3.8, 4) is 0 Å². The summed E-state index contributed by atoms with van der Waals surface area (Å²) in [5.41, 5.74) is 3.48. The maximum absolute atomic E-state index is 4.73. The highest BCUT2D eigenvalue weighted by Crippen LogP contribution is 2.19. The van der Waals surface area contributed by atoms with Crippen molar-refractivity contribution in [2.24, 2.45) is 7.05 Å². The van der Waals surface area contributed by atoms with Crippen LogP contribution in [0.2, 0.25) is 0 Å². The fourth-order valence-corrected chi connectivity index (χ4v) is 2.45. The van der Waals surface area contributed by atoms with Crippen molar-refractivity contribution in [1.29, 1.82) is 0 Å². The lowest BCUT2D eigenvalue weighted by molar-refractivity contribution is 0.314. The van der Waals surface area contributed by atoms with E-state index in [0.717, 1.165) is 37.1 Å². The molecule has 1 fully saturated rings. The van der Waals surface area contributed by atoms with Crippen molar-refractivity contribution in [2.45, 2.75) is 38.5 Å². The number of hydrogen-bond acceptors (Lipinski definition) is 4. The summed E-state index contributed by atoms with van der Waals surface area (Å²) in [4.78, 5) is 7.00. The van der Waals surface area contributed by atoms with Gasteiger partial charge in [-0.3, -0.25) is 14.6 Å². The van der Waals surface area contributed by atoms with Gasteiger partial charge in [-0.2, -0.15) is 5.10 Å². The number of aryl methyl sites for hydroxylation is 1. The number of aromatic nitrogens is 3. The highest BCUT2D eigenvalue weighted by molar-refractivity contribution is 5.12. The molecule has 2 aromatic rings. The standard InChI is InChI=1S/C16H23N5/c1-20(10-13-8-18-21(2)11-13)12-16-5-3-4-15(19-16)9-17-14-6-7-14/h3-5,8,11,14,17H,6-7,9-10,12H2,1-2H3. The molecule has 112 valence electrons. The van der Waals surface area contributed by atoms with Crippen LogP contribution in [0.1, 0.15) is 29.8 Å². The van der Waals surface area contributed by atoms with Crippen LogP contribution in [-0.2, 0) is 26.7 Å². The van der Waals surface area contributed by atoms with Gasteiger partial charge in [0.1, 0.15) is 0 Å². The van der Waals surface area contributed by atoms with Gasteiger partial charge in [0.15, 0.2) is 0 Å². The van der Waals surface area contributed by atoms with Crippen LogP contribution in [0.25, 0.3) is 0 Å². The molecule has 0 aromatic carbocycles. The molecule has 2 heterocycles. The van der Waals surface area contributed by atoms with Crippen molar-refractivity contribution in [2.75, 3.05) is 7.05 Å². The van der Waals surface area contributed by atoms with E-state index in [2.05, 4.69) is 46.8 Å². The quantitative estimate of drug-likeness (QED) is 0.841. The number of hydrogen-bond donors (Lipinski definition) is 1. The van der Waals surface area contributed by atoms with Gasteiger partial charge in [0.05, 0.1) is 17.6 Å². The van der Waals surface area contributed by atoms with Gasteiger partial charge in [0, 0.05) is 44.5 Å². The Morgan fingerprint density at radius 1 is 1.29 bits per heavy atom. The van der Waals surface area contributed by atoms with Crippen LogP contribution in [0, 0.1) is 0 Å². The fraction of sp³-hybridized carbons (Fsp3) is 0.500. The summed E-state index contributed by atoms with van der Waals surface area (Å²) in [5, 5.41) is 7.71. The van der Waals surface area contributed by atoms with Gasteiger partial charge in [-0.25, -0.2) is 0 Å². The Morgan fingerprint density at radius 2 is 2.10 bits per heavy atom. The number of pyridine rings is 1. The van der Waals surface area contributed by atoms with E-state index in [9.17, 15) is 0 Å². The topological polar surface area (TPSA) is 46.0 Å². The number of nitrogens with one attached hydrogen (secondary N) is 1. The van der Waals surface area contributed by atoms with Crippen LogP contribution >= 0.6 is 0 Å². The SMILES string of the molecule is CN(Cc1cnn(C)c1)Cc1cccc(CNC2CC2)n1. The highest BCUT2D eigenvalue weighted by atomic mass is 15.2. The smallest absolute Gasteiger partial charge is 0.0547 e. The minimum absolute atomic E-state index is 0.726. The molecule has 2 aromatic heterocycles. The Kier molecular flexibility index (Phi) is 4.31. The van der Waals surface area contributed by atoms with Crippen LogP contribution in [0.3, 0.4) is 0 Å². The summed E-state index contributed by atoms with van der Waals surface area (Å²) < 4.78 is 1.84. The second kappa shape index (κ2) is 6.37. The third kappa shape index (κ3) is 4.37. The molecule has 0 atom stereocenters. The Bertz CT molecular complexity index is 588. The second-order valence-corrected chi connectivity index (χ2v) is 5.97. The van der Waals surface area contributed by atoms with Crippen molar-refractivity contribution >= 4 is 0 Å². The monoisotopic (exact) mass is 285 g/mol. The minimum Gasteiger partial charge on any atom is -0.308 e. The number of rotatable bonds is 7. The van der Waals surface area contributed by atoms with E-state index in [1.165, 1.54) is 18.4 Å². The first-order valence-corrected chi connectivity index (χ1v) is 7.53. The van der Waals surface area contributed by atoms with E-state index in [0.29, 0.717) is 0 Å².